The summed E-state index contributed by atoms with van der Waals surface area (Å²) in [6, 6.07) is 28.7. The molecule has 0 spiro atoms. The number of nitrogens with one attached hydrogen (secondary N) is 1. The van der Waals surface area contributed by atoms with E-state index in [9.17, 15) is 24.8 Å². The molecule has 0 saturated carbocycles. The number of thioether (sulfide) groups is 1. The molecule has 4 rings (SSSR count). The van der Waals surface area contributed by atoms with E-state index >= 15 is 0 Å². The zero-order valence-corrected chi connectivity index (χ0v) is 24.3. The van der Waals surface area contributed by atoms with Gasteiger partial charge in [-0.1, -0.05) is 66.7 Å². The van der Waals surface area contributed by atoms with Crippen LogP contribution in [0.5, 0.6) is 0 Å². The van der Waals surface area contributed by atoms with Crippen molar-refractivity contribution >= 4 is 35.0 Å². The van der Waals surface area contributed by atoms with Crippen molar-refractivity contribution in [2.75, 3.05) is 16.9 Å². The molecule has 1 amide bonds. The monoisotopic (exact) mass is 583 g/mol. The predicted octanol–water partition coefficient (Wildman–Crippen LogP) is 6.71. The number of carboxylic acid groups (broad SMARTS) is 1. The lowest BCUT2D eigenvalue weighted by atomic mass is 9.93. The summed E-state index contributed by atoms with van der Waals surface area (Å²) in [5.41, 5.74) is 5.56. The van der Waals surface area contributed by atoms with Gasteiger partial charge in [-0.25, -0.2) is 4.79 Å². The third kappa shape index (κ3) is 7.76. The smallest absolute Gasteiger partial charge is 0.326 e. The number of rotatable bonds is 13. The number of nitrogens with zero attached hydrogens (tertiary/aromatic N) is 2. The van der Waals surface area contributed by atoms with E-state index in [4.69, 9.17) is 0 Å². The van der Waals surface area contributed by atoms with Gasteiger partial charge in [0, 0.05) is 36.5 Å². The Labute approximate surface area is 249 Å². The highest BCUT2D eigenvalue weighted by molar-refractivity contribution is 7.98. The number of carbonyl (C=O) groups is 2. The first-order valence-electron chi connectivity index (χ1n) is 13.5. The number of nitro groups is 1. The van der Waals surface area contributed by atoms with Crippen LogP contribution in [-0.4, -0.2) is 40.0 Å². The van der Waals surface area contributed by atoms with Gasteiger partial charge in [-0.15, -0.1) is 0 Å². The Bertz CT molecular complexity index is 1560. The first-order valence-corrected chi connectivity index (χ1v) is 14.9. The molecule has 216 valence electrons. The summed E-state index contributed by atoms with van der Waals surface area (Å²) in [7, 11) is 0. The lowest BCUT2D eigenvalue weighted by molar-refractivity contribution is -0.384. The van der Waals surface area contributed by atoms with E-state index in [0.29, 0.717) is 42.1 Å². The average Bonchev–Trinajstić information content (AvgIpc) is 2.99. The van der Waals surface area contributed by atoms with Gasteiger partial charge in [0.05, 0.1) is 4.92 Å². The number of aryl methyl sites for hydroxylation is 1. The molecule has 0 bridgehead atoms. The standard InChI is InChI=1S/C33H33N3O5S/c1-23-9-6-7-14-28(23)30-19-25(15-16-29(30)32(37)34-31(33(38)39)17-18-42-2)22-35(21-24-10-4-3-5-11-24)26-12-8-13-27(20-26)36(40)41/h3-16,19-20,31H,17-18,21-22H2,1-2H3,(H,34,37)(H,38,39)/t31-/m0/s1. The Morgan fingerprint density at radius 2 is 1.62 bits per heavy atom. The van der Waals surface area contributed by atoms with Crippen molar-refractivity contribution in [1.29, 1.82) is 0 Å². The molecule has 0 fully saturated rings. The number of anilines is 1. The van der Waals surface area contributed by atoms with Gasteiger partial charge in [-0.2, -0.15) is 11.8 Å². The highest BCUT2D eigenvalue weighted by atomic mass is 32.2. The van der Waals surface area contributed by atoms with Crippen molar-refractivity contribution < 1.29 is 19.6 Å². The highest BCUT2D eigenvalue weighted by Crippen LogP contribution is 2.30. The number of hydrogen-bond acceptors (Lipinski definition) is 6. The maximum Gasteiger partial charge on any atom is 0.326 e. The van der Waals surface area contributed by atoms with Crippen LogP contribution in [0.4, 0.5) is 11.4 Å². The fourth-order valence-electron chi connectivity index (χ4n) is 4.78. The van der Waals surface area contributed by atoms with E-state index in [2.05, 4.69) is 10.2 Å². The molecular weight excluding hydrogens is 550 g/mol. The maximum atomic E-state index is 13.5. The summed E-state index contributed by atoms with van der Waals surface area (Å²) >= 11 is 1.52. The molecular formula is C33H33N3O5S. The first-order chi connectivity index (χ1) is 20.3. The van der Waals surface area contributed by atoms with Gasteiger partial charge in [0.15, 0.2) is 0 Å². The van der Waals surface area contributed by atoms with Crippen molar-refractivity contribution in [3.05, 3.63) is 129 Å². The number of aliphatic carboxylic acids is 1. The van der Waals surface area contributed by atoms with Gasteiger partial charge in [0.25, 0.3) is 11.6 Å². The minimum absolute atomic E-state index is 0.00707. The lowest BCUT2D eigenvalue weighted by Crippen LogP contribution is -2.41. The van der Waals surface area contributed by atoms with Gasteiger partial charge in [0.1, 0.15) is 6.04 Å². The van der Waals surface area contributed by atoms with Crippen LogP contribution in [0.25, 0.3) is 11.1 Å². The van der Waals surface area contributed by atoms with E-state index in [1.807, 2.05) is 86.0 Å². The summed E-state index contributed by atoms with van der Waals surface area (Å²) in [5, 5.41) is 23.9. The van der Waals surface area contributed by atoms with Crippen molar-refractivity contribution in [3.8, 4) is 11.1 Å². The van der Waals surface area contributed by atoms with Crippen LogP contribution in [-0.2, 0) is 17.9 Å². The van der Waals surface area contributed by atoms with Crippen LogP contribution in [0.2, 0.25) is 0 Å². The Morgan fingerprint density at radius 3 is 2.31 bits per heavy atom. The van der Waals surface area contributed by atoms with E-state index in [0.717, 1.165) is 22.3 Å². The number of carbonyl (C=O) groups excluding carboxylic acids is 1. The Morgan fingerprint density at radius 1 is 0.905 bits per heavy atom. The second kappa shape index (κ2) is 14.3. The van der Waals surface area contributed by atoms with E-state index in [1.54, 1.807) is 18.2 Å². The Kier molecular flexibility index (Phi) is 10.3. The molecule has 4 aromatic rings. The number of non-ortho nitro benzene ring substituents is 1. The minimum Gasteiger partial charge on any atom is -0.480 e. The number of amides is 1. The molecule has 0 aliphatic heterocycles. The second-order valence-corrected chi connectivity index (χ2v) is 10.9. The van der Waals surface area contributed by atoms with Crippen molar-refractivity contribution in [3.63, 3.8) is 0 Å². The van der Waals surface area contributed by atoms with E-state index < -0.39 is 22.8 Å². The molecule has 42 heavy (non-hydrogen) atoms. The summed E-state index contributed by atoms with van der Waals surface area (Å²) in [6.45, 7) is 2.90. The van der Waals surface area contributed by atoms with Gasteiger partial charge in [-0.05, 0) is 71.4 Å². The zero-order valence-electron chi connectivity index (χ0n) is 23.5. The van der Waals surface area contributed by atoms with Gasteiger partial charge >= 0.3 is 5.97 Å². The fourth-order valence-corrected chi connectivity index (χ4v) is 5.25. The van der Waals surface area contributed by atoms with Crippen LogP contribution in [0.3, 0.4) is 0 Å². The molecule has 0 aromatic heterocycles. The number of carboxylic acids is 1. The van der Waals surface area contributed by atoms with Crippen molar-refractivity contribution in [1.82, 2.24) is 5.32 Å². The van der Waals surface area contributed by atoms with E-state index in [-0.39, 0.29) is 5.69 Å². The normalized spacial score (nSPS) is 11.5. The second-order valence-electron chi connectivity index (χ2n) is 9.96. The van der Waals surface area contributed by atoms with E-state index in [1.165, 1.54) is 17.8 Å². The highest BCUT2D eigenvalue weighted by Gasteiger charge is 2.23. The number of hydrogen-bond donors (Lipinski definition) is 2. The fraction of sp³-hybridized carbons (Fsp3) is 0.212. The van der Waals surface area contributed by atoms with Crippen molar-refractivity contribution in [2.24, 2.45) is 0 Å². The summed E-state index contributed by atoms with van der Waals surface area (Å²) in [5.74, 6) is -0.913. The Hall–Kier alpha value is -4.63. The predicted molar refractivity (Wildman–Crippen MR) is 168 cm³/mol. The topological polar surface area (TPSA) is 113 Å². The molecule has 1 atom stereocenters. The van der Waals surface area contributed by atoms with Gasteiger partial charge in [-0.3, -0.25) is 14.9 Å². The van der Waals surface area contributed by atoms with Crippen LogP contribution >= 0.6 is 11.8 Å². The molecule has 2 N–H and O–H groups in total. The molecule has 8 nitrogen and oxygen atoms in total. The van der Waals surface area contributed by atoms with Crippen LogP contribution in [0, 0.1) is 17.0 Å². The molecule has 0 unspecified atom stereocenters. The molecule has 9 heteroatoms. The van der Waals surface area contributed by atoms with Crippen LogP contribution in [0.1, 0.15) is 33.5 Å². The molecule has 0 saturated heterocycles. The number of benzene rings is 4. The van der Waals surface area contributed by atoms with Gasteiger partial charge in [0.2, 0.25) is 0 Å². The first kappa shape index (κ1) is 30.3. The number of nitro benzene ring substituents is 1. The minimum atomic E-state index is -1.07. The largest absolute Gasteiger partial charge is 0.480 e. The Balaban J connectivity index is 1.74. The SMILES string of the molecule is CSCC[C@H](NC(=O)c1ccc(CN(Cc2ccccc2)c2cccc([N+](=O)[O-])c2)cc1-c1ccccc1C)C(=O)O. The van der Waals surface area contributed by atoms with Crippen LogP contribution < -0.4 is 10.2 Å². The molecule has 0 aliphatic rings. The lowest BCUT2D eigenvalue weighted by Gasteiger charge is -2.26. The van der Waals surface area contributed by atoms with Crippen LogP contribution in [0.15, 0.2) is 97.1 Å². The molecule has 0 radical (unpaired) electrons. The third-order valence-electron chi connectivity index (χ3n) is 6.97. The quantitative estimate of drug-likeness (QED) is 0.133. The average molecular weight is 584 g/mol. The van der Waals surface area contributed by atoms with Crippen molar-refractivity contribution in [2.45, 2.75) is 32.5 Å². The zero-order chi connectivity index (χ0) is 30.1. The summed E-state index contributed by atoms with van der Waals surface area (Å²) in [4.78, 5) is 38.5. The summed E-state index contributed by atoms with van der Waals surface area (Å²) < 4.78 is 0. The third-order valence-corrected chi connectivity index (χ3v) is 7.62. The van der Waals surface area contributed by atoms with Gasteiger partial charge < -0.3 is 15.3 Å². The molecule has 4 aromatic carbocycles. The maximum absolute atomic E-state index is 13.5. The molecule has 0 aliphatic carbocycles. The summed E-state index contributed by atoms with van der Waals surface area (Å²) in [6.07, 6.45) is 2.21. The molecule has 0 heterocycles.